The lowest BCUT2D eigenvalue weighted by Crippen LogP contribution is -2.58. The van der Waals surface area contributed by atoms with E-state index < -0.39 is 6.04 Å². The maximum atomic E-state index is 13.3. The minimum absolute atomic E-state index is 0.143. The Morgan fingerprint density at radius 3 is 2.55 bits per heavy atom. The minimum atomic E-state index is -0.591. The Bertz CT molecular complexity index is 1140. The highest BCUT2D eigenvalue weighted by Gasteiger charge is 2.35. The fourth-order valence-corrected chi connectivity index (χ4v) is 4.01. The molecule has 0 saturated carbocycles. The Labute approximate surface area is 194 Å². The second kappa shape index (κ2) is 9.10. The van der Waals surface area contributed by atoms with Gasteiger partial charge in [-0.1, -0.05) is 57.2 Å². The first kappa shape index (κ1) is 22.6. The summed E-state index contributed by atoms with van der Waals surface area (Å²) in [5, 5.41) is 10.1. The summed E-state index contributed by atoms with van der Waals surface area (Å²) >= 11 is 0. The van der Waals surface area contributed by atoms with Gasteiger partial charge in [-0.3, -0.25) is 14.7 Å². The highest BCUT2D eigenvalue weighted by atomic mass is 16.5. The molecule has 33 heavy (non-hydrogen) atoms. The number of nitrogens with one attached hydrogen (secondary N) is 2. The van der Waals surface area contributed by atoms with Crippen molar-refractivity contribution in [1.82, 2.24) is 20.4 Å². The first-order chi connectivity index (χ1) is 15.8. The molecule has 1 saturated heterocycles. The van der Waals surface area contributed by atoms with E-state index in [1.54, 1.807) is 18.1 Å². The van der Waals surface area contributed by atoms with Crippen molar-refractivity contribution >= 4 is 11.8 Å². The molecule has 1 aliphatic rings. The number of aromatic nitrogens is 2. The van der Waals surface area contributed by atoms with Gasteiger partial charge in [0.25, 0.3) is 5.91 Å². The monoisotopic (exact) mass is 446 g/mol. The van der Waals surface area contributed by atoms with Crippen molar-refractivity contribution < 1.29 is 14.3 Å². The Hall–Kier alpha value is -3.61. The summed E-state index contributed by atoms with van der Waals surface area (Å²) in [4.78, 5) is 27.7. The van der Waals surface area contributed by atoms with Crippen LogP contribution in [0.3, 0.4) is 0 Å². The van der Waals surface area contributed by atoms with E-state index in [-0.39, 0.29) is 17.2 Å². The molecule has 1 fully saturated rings. The predicted octanol–water partition coefficient (Wildman–Crippen LogP) is 3.57. The summed E-state index contributed by atoms with van der Waals surface area (Å²) in [6.45, 7) is 7.06. The van der Waals surface area contributed by atoms with E-state index in [0.717, 1.165) is 28.1 Å². The third-order valence-electron chi connectivity index (χ3n) is 5.98. The normalized spacial score (nSPS) is 16.4. The van der Waals surface area contributed by atoms with Gasteiger partial charge < -0.3 is 15.0 Å². The van der Waals surface area contributed by atoms with Crippen LogP contribution in [0, 0.1) is 0 Å². The van der Waals surface area contributed by atoms with E-state index in [1.807, 2.05) is 42.5 Å². The molecule has 1 aromatic heterocycles. The van der Waals surface area contributed by atoms with Crippen LogP contribution in [0.15, 0.2) is 54.6 Å². The van der Waals surface area contributed by atoms with Crippen molar-refractivity contribution in [2.75, 3.05) is 20.2 Å². The molecule has 7 heteroatoms. The number of nitrogens with zero attached hydrogens (tertiary/aromatic N) is 2. The van der Waals surface area contributed by atoms with Crippen LogP contribution in [-0.2, 0) is 16.6 Å². The number of hydrogen-bond donors (Lipinski definition) is 2. The lowest BCUT2D eigenvalue weighted by Gasteiger charge is -2.34. The van der Waals surface area contributed by atoms with Crippen LogP contribution in [0.25, 0.3) is 11.1 Å². The molecule has 2 N–H and O–H groups in total. The highest BCUT2D eigenvalue weighted by molar-refractivity contribution is 5.97. The number of benzene rings is 2. The second-order valence-electron chi connectivity index (χ2n) is 9.36. The molecule has 0 bridgehead atoms. The minimum Gasteiger partial charge on any atom is -0.497 e. The molecule has 2 heterocycles. The van der Waals surface area contributed by atoms with Crippen LogP contribution in [-0.4, -0.2) is 53.2 Å². The number of hydrogen-bond acceptors (Lipinski definition) is 4. The van der Waals surface area contributed by atoms with Gasteiger partial charge in [-0.05, 0) is 34.9 Å². The van der Waals surface area contributed by atoms with Gasteiger partial charge >= 0.3 is 0 Å². The maximum absolute atomic E-state index is 13.3. The third kappa shape index (κ3) is 4.92. The number of rotatable bonds is 5. The van der Waals surface area contributed by atoms with Gasteiger partial charge in [0.05, 0.1) is 7.11 Å². The van der Waals surface area contributed by atoms with E-state index >= 15 is 0 Å². The topological polar surface area (TPSA) is 87.3 Å². The Morgan fingerprint density at radius 2 is 1.88 bits per heavy atom. The SMILES string of the molecule is COc1ccc(-c2cccc(C[C@@H]3C(=O)NCCN3C(=O)c3cc(C(C)(C)C)[nH]n3)c2)cc1. The maximum Gasteiger partial charge on any atom is 0.275 e. The Balaban J connectivity index is 1.57. The Morgan fingerprint density at radius 1 is 1.12 bits per heavy atom. The molecule has 0 spiro atoms. The molecule has 0 radical (unpaired) electrons. The van der Waals surface area contributed by atoms with Gasteiger partial charge in [0, 0.05) is 30.6 Å². The first-order valence-electron chi connectivity index (χ1n) is 11.1. The summed E-state index contributed by atoms with van der Waals surface area (Å²) < 4.78 is 5.24. The zero-order chi connectivity index (χ0) is 23.6. The molecule has 0 aliphatic carbocycles. The average molecular weight is 447 g/mol. The van der Waals surface area contributed by atoms with Gasteiger partial charge in [-0.15, -0.1) is 0 Å². The smallest absolute Gasteiger partial charge is 0.275 e. The number of aromatic amines is 1. The van der Waals surface area contributed by atoms with E-state index in [1.165, 1.54) is 0 Å². The summed E-state index contributed by atoms with van der Waals surface area (Å²) in [5.74, 6) is 0.430. The number of piperazine rings is 1. The largest absolute Gasteiger partial charge is 0.497 e. The van der Waals surface area contributed by atoms with E-state index in [4.69, 9.17) is 4.74 Å². The van der Waals surface area contributed by atoms with Crippen molar-refractivity contribution in [3.8, 4) is 16.9 Å². The standard InChI is InChI=1S/C26H30N4O3/c1-26(2,3)23-16-21(28-29-23)25(32)30-13-12-27-24(31)22(30)15-17-6-5-7-19(14-17)18-8-10-20(33-4)11-9-18/h5-11,14,16,22H,12-13,15H2,1-4H3,(H,27,31)(H,28,29)/t22-/m1/s1. The van der Waals surface area contributed by atoms with Crippen molar-refractivity contribution in [3.05, 3.63) is 71.5 Å². The summed E-state index contributed by atoms with van der Waals surface area (Å²) in [5.41, 5.74) is 4.17. The molecule has 0 unspecified atom stereocenters. The highest BCUT2D eigenvalue weighted by Crippen LogP contribution is 2.25. The zero-order valence-corrected chi connectivity index (χ0v) is 19.5. The molecule has 2 aromatic carbocycles. The molecular formula is C26H30N4O3. The van der Waals surface area contributed by atoms with Gasteiger partial charge in [0.15, 0.2) is 0 Å². The van der Waals surface area contributed by atoms with Crippen LogP contribution in [0.5, 0.6) is 5.75 Å². The van der Waals surface area contributed by atoms with Crippen molar-refractivity contribution in [2.24, 2.45) is 0 Å². The predicted molar refractivity (Wildman–Crippen MR) is 127 cm³/mol. The molecule has 2 amide bonds. The number of H-pyrrole nitrogens is 1. The van der Waals surface area contributed by atoms with Gasteiger partial charge in [0.2, 0.25) is 5.91 Å². The number of amides is 2. The van der Waals surface area contributed by atoms with Gasteiger partial charge in [0.1, 0.15) is 17.5 Å². The number of methoxy groups -OCH3 is 1. The van der Waals surface area contributed by atoms with Crippen LogP contribution in [0.4, 0.5) is 0 Å². The molecule has 7 nitrogen and oxygen atoms in total. The summed E-state index contributed by atoms with van der Waals surface area (Å²) in [6.07, 6.45) is 0.429. The number of carbonyl (C=O) groups excluding carboxylic acids is 2. The lowest BCUT2D eigenvalue weighted by molar-refractivity contribution is -0.127. The Kier molecular flexibility index (Phi) is 6.22. The zero-order valence-electron chi connectivity index (χ0n) is 19.5. The van der Waals surface area contributed by atoms with Crippen LogP contribution in [0.1, 0.15) is 42.5 Å². The van der Waals surface area contributed by atoms with E-state index in [9.17, 15) is 9.59 Å². The fourth-order valence-electron chi connectivity index (χ4n) is 4.01. The van der Waals surface area contributed by atoms with Crippen molar-refractivity contribution in [2.45, 2.75) is 38.6 Å². The number of ether oxygens (including phenoxy) is 1. The second-order valence-corrected chi connectivity index (χ2v) is 9.36. The van der Waals surface area contributed by atoms with E-state index in [2.05, 4.69) is 42.4 Å². The lowest BCUT2D eigenvalue weighted by atomic mass is 9.92. The van der Waals surface area contributed by atoms with Crippen LogP contribution < -0.4 is 10.1 Å². The van der Waals surface area contributed by atoms with Gasteiger partial charge in [-0.2, -0.15) is 5.10 Å². The van der Waals surface area contributed by atoms with Gasteiger partial charge in [-0.25, -0.2) is 0 Å². The molecule has 1 aliphatic heterocycles. The molecule has 3 aromatic rings. The first-order valence-corrected chi connectivity index (χ1v) is 11.1. The van der Waals surface area contributed by atoms with Crippen molar-refractivity contribution in [3.63, 3.8) is 0 Å². The number of carbonyl (C=O) groups is 2. The van der Waals surface area contributed by atoms with Crippen molar-refractivity contribution in [1.29, 1.82) is 0 Å². The summed E-state index contributed by atoms with van der Waals surface area (Å²) in [7, 11) is 1.64. The molecular weight excluding hydrogens is 416 g/mol. The quantitative estimate of drug-likeness (QED) is 0.627. The van der Waals surface area contributed by atoms with Crippen LogP contribution >= 0.6 is 0 Å². The average Bonchev–Trinajstić information content (AvgIpc) is 3.31. The fraction of sp³-hybridized carbons (Fsp3) is 0.346. The van der Waals surface area contributed by atoms with Crippen LogP contribution in [0.2, 0.25) is 0 Å². The molecule has 1 atom stereocenters. The third-order valence-corrected chi connectivity index (χ3v) is 5.98. The molecule has 4 rings (SSSR count). The van der Waals surface area contributed by atoms with E-state index in [0.29, 0.717) is 25.2 Å². The molecule has 172 valence electrons. The summed E-state index contributed by atoms with van der Waals surface area (Å²) in [6, 6.07) is 17.1.